The van der Waals surface area contributed by atoms with E-state index in [1.54, 1.807) is 11.8 Å². The number of nitrogens with one attached hydrogen (secondary N) is 1. The molecular weight excluding hydrogens is 268 g/mol. The number of nitro groups is 1. The van der Waals surface area contributed by atoms with Crippen molar-refractivity contribution >= 4 is 23.4 Å². The number of nitro benzene ring substituents is 1. The topological polar surface area (TPSA) is 92.5 Å². The first-order valence-electron chi connectivity index (χ1n) is 5.81. The third-order valence-corrected chi connectivity index (χ3v) is 3.53. The molecular formula is C12H16N2O4S. The molecule has 0 radical (unpaired) electrons. The second-order valence-corrected chi connectivity index (χ2v) is 5.31. The summed E-state index contributed by atoms with van der Waals surface area (Å²) in [5, 5.41) is 22.8. The predicted molar refractivity (Wildman–Crippen MR) is 74.7 cm³/mol. The largest absolute Gasteiger partial charge is 0.502 e. The van der Waals surface area contributed by atoms with Gasteiger partial charge in [0, 0.05) is 23.4 Å². The maximum atomic E-state index is 11.9. The molecule has 7 heteroatoms. The molecule has 6 nitrogen and oxygen atoms in total. The van der Waals surface area contributed by atoms with E-state index in [4.69, 9.17) is 0 Å². The van der Waals surface area contributed by atoms with Crippen molar-refractivity contribution in [3.63, 3.8) is 0 Å². The Hall–Kier alpha value is -1.76. The zero-order valence-electron chi connectivity index (χ0n) is 10.8. The summed E-state index contributed by atoms with van der Waals surface area (Å²) in [5.41, 5.74) is -0.206. The van der Waals surface area contributed by atoms with Crippen molar-refractivity contribution in [2.45, 2.75) is 19.9 Å². The number of rotatable bonds is 6. The van der Waals surface area contributed by atoms with E-state index in [1.807, 2.05) is 13.8 Å². The fourth-order valence-corrected chi connectivity index (χ4v) is 2.14. The molecule has 104 valence electrons. The highest BCUT2D eigenvalue weighted by Crippen LogP contribution is 2.26. The van der Waals surface area contributed by atoms with Crippen LogP contribution in [0.1, 0.15) is 24.2 Å². The highest BCUT2D eigenvalue weighted by atomic mass is 32.2. The van der Waals surface area contributed by atoms with Crippen LogP contribution in [-0.4, -0.2) is 33.5 Å². The van der Waals surface area contributed by atoms with Crippen LogP contribution in [0.15, 0.2) is 18.2 Å². The van der Waals surface area contributed by atoms with Gasteiger partial charge in [0.15, 0.2) is 5.75 Å². The lowest BCUT2D eigenvalue weighted by atomic mass is 10.1. The van der Waals surface area contributed by atoms with Crippen molar-refractivity contribution in [2.75, 3.05) is 11.5 Å². The molecule has 0 aliphatic rings. The number of amides is 1. The van der Waals surface area contributed by atoms with Gasteiger partial charge in [-0.1, -0.05) is 6.92 Å². The summed E-state index contributed by atoms with van der Waals surface area (Å²) in [4.78, 5) is 21.7. The average Bonchev–Trinajstić information content (AvgIpc) is 2.35. The van der Waals surface area contributed by atoms with Crippen LogP contribution >= 0.6 is 11.8 Å². The quantitative estimate of drug-likeness (QED) is 0.617. The van der Waals surface area contributed by atoms with Crippen molar-refractivity contribution in [1.82, 2.24) is 5.32 Å². The minimum atomic E-state index is -0.697. The van der Waals surface area contributed by atoms with Crippen LogP contribution in [0.2, 0.25) is 0 Å². The summed E-state index contributed by atoms with van der Waals surface area (Å²) in [6.45, 7) is 3.92. The number of benzene rings is 1. The Kier molecular flexibility index (Phi) is 5.62. The fourth-order valence-electron chi connectivity index (χ4n) is 1.46. The van der Waals surface area contributed by atoms with E-state index < -0.39 is 16.4 Å². The third kappa shape index (κ3) is 4.44. The summed E-state index contributed by atoms with van der Waals surface area (Å²) in [6.07, 6.45) is 0. The molecule has 0 spiro atoms. The van der Waals surface area contributed by atoms with E-state index in [-0.39, 0.29) is 17.5 Å². The second-order valence-electron chi connectivity index (χ2n) is 3.99. The van der Waals surface area contributed by atoms with Crippen LogP contribution in [0.5, 0.6) is 5.75 Å². The average molecular weight is 284 g/mol. The lowest BCUT2D eigenvalue weighted by Gasteiger charge is -2.13. The molecule has 0 bridgehead atoms. The standard InChI is InChI=1S/C12H16N2O4S/c1-3-19-7-8(2)13-12(16)9-4-5-10(14(17)18)11(15)6-9/h4-6,8,15H,3,7H2,1-2H3,(H,13,16). The van der Waals surface area contributed by atoms with Gasteiger partial charge < -0.3 is 10.4 Å². The Bertz CT molecular complexity index is 479. The van der Waals surface area contributed by atoms with Crippen LogP contribution < -0.4 is 5.32 Å². The number of phenolic OH excluding ortho intramolecular Hbond substituents is 1. The monoisotopic (exact) mass is 284 g/mol. The van der Waals surface area contributed by atoms with Gasteiger partial charge in [-0.25, -0.2) is 0 Å². The first-order valence-corrected chi connectivity index (χ1v) is 6.97. The molecule has 0 saturated carbocycles. The second kappa shape index (κ2) is 6.98. The number of aromatic hydroxyl groups is 1. The highest BCUT2D eigenvalue weighted by molar-refractivity contribution is 7.99. The number of carbonyl (C=O) groups excluding carboxylic acids is 1. The normalized spacial score (nSPS) is 11.9. The molecule has 1 aromatic rings. The molecule has 0 saturated heterocycles. The molecule has 0 fully saturated rings. The fraction of sp³-hybridized carbons (Fsp3) is 0.417. The van der Waals surface area contributed by atoms with E-state index in [1.165, 1.54) is 6.07 Å². The van der Waals surface area contributed by atoms with Crippen molar-refractivity contribution in [3.8, 4) is 5.75 Å². The molecule has 1 amide bonds. The van der Waals surface area contributed by atoms with E-state index in [9.17, 15) is 20.0 Å². The SMILES string of the molecule is CCSCC(C)NC(=O)c1ccc([N+](=O)[O-])c(O)c1. The number of nitrogens with zero attached hydrogens (tertiary/aromatic N) is 1. The molecule has 1 aromatic carbocycles. The van der Waals surface area contributed by atoms with Crippen LogP contribution in [0.25, 0.3) is 0 Å². The van der Waals surface area contributed by atoms with Gasteiger partial charge in [0.05, 0.1) is 4.92 Å². The van der Waals surface area contributed by atoms with Gasteiger partial charge in [-0.05, 0) is 24.8 Å². The lowest BCUT2D eigenvalue weighted by Crippen LogP contribution is -2.34. The zero-order chi connectivity index (χ0) is 14.4. The van der Waals surface area contributed by atoms with Crippen LogP contribution in [0, 0.1) is 10.1 Å². The van der Waals surface area contributed by atoms with Gasteiger partial charge in [-0.2, -0.15) is 11.8 Å². The van der Waals surface area contributed by atoms with Crippen molar-refractivity contribution < 1.29 is 14.8 Å². The van der Waals surface area contributed by atoms with Gasteiger partial charge in [0.1, 0.15) is 0 Å². The summed E-state index contributed by atoms with van der Waals surface area (Å²) in [5.74, 6) is 0.905. The lowest BCUT2D eigenvalue weighted by molar-refractivity contribution is -0.385. The first-order chi connectivity index (χ1) is 8.95. The minimum Gasteiger partial charge on any atom is -0.502 e. The maximum Gasteiger partial charge on any atom is 0.310 e. The third-order valence-electron chi connectivity index (χ3n) is 2.38. The first kappa shape index (κ1) is 15.3. The smallest absolute Gasteiger partial charge is 0.310 e. The summed E-state index contributed by atoms with van der Waals surface area (Å²) >= 11 is 1.71. The Morgan fingerprint density at radius 1 is 1.58 bits per heavy atom. The Labute approximate surface area is 115 Å². The van der Waals surface area contributed by atoms with Crippen molar-refractivity contribution in [2.24, 2.45) is 0 Å². The summed E-state index contributed by atoms with van der Waals surface area (Å²) in [6, 6.07) is 3.55. The highest BCUT2D eigenvalue weighted by Gasteiger charge is 2.16. The van der Waals surface area contributed by atoms with Crippen LogP contribution in [0.3, 0.4) is 0 Å². The van der Waals surface area contributed by atoms with E-state index in [0.717, 1.165) is 23.6 Å². The van der Waals surface area contributed by atoms with Gasteiger partial charge in [-0.15, -0.1) is 0 Å². The van der Waals surface area contributed by atoms with Crippen LogP contribution in [0.4, 0.5) is 5.69 Å². The minimum absolute atomic E-state index is 0.00483. The predicted octanol–water partition coefficient (Wildman–Crippen LogP) is 2.17. The molecule has 1 atom stereocenters. The van der Waals surface area contributed by atoms with Gasteiger partial charge in [-0.3, -0.25) is 14.9 Å². The molecule has 19 heavy (non-hydrogen) atoms. The molecule has 0 aliphatic carbocycles. The van der Waals surface area contributed by atoms with Gasteiger partial charge >= 0.3 is 5.69 Å². The van der Waals surface area contributed by atoms with Gasteiger partial charge in [0.2, 0.25) is 0 Å². The summed E-state index contributed by atoms with van der Waals surface area (Å²) in [7, 11) is 0. The molecule has 0 aromatic heterocycles. The van der Waals surface area contributed by atoms with Gasteiger partial charge in [0.25, 0.3) is 5.91 Å². The number of hydrogen-bond donors (Lipinski definition) is 2. The van der Waals surface area contributed by atoms with E-state index in [2.05, 4.69) is 5.32 Å². The van der Waals surface area contributed by atoms with E-state index >= 15 is 0 Å². The van der Waals surface area contributed by atoms with Crippen LogP contribution in [-0.2, 0) is 0 Å². The molecule has 0 heterocycles. The molecule has 0 aliphatic heterocycles. The Balaban J connectivity index is 2.72. The zero-order valence-corrected chi connectivity index (χ0v) is 11.6. The molecule has 1 unspecified atom stereocenters. The number of phenols is 1. The van der Waals surface area contributed by atoms with Crippen molar-refractivity contribution in [1.29, 1.82) is 0 Å². The Morgan fingerprint density at radius 3 is 2.79 bits per heavy atom. The number of thioether (sulfide) groups is 1. The maximum absolute atomic E-state index is 11.9. The number of carbonyl (C=O) groups is 1. The molecule has 1 rings (SSSR count). The molecule has 2 N–H and O–H groups in total. The van der Waals surface area contributed by atoms with Crippen molar-refractivity contribution in [3.05, 3.63) is 33.9 Å². The Morgan fingerprint density at radius 2 is 2.26 bits per heavy atom. The summed E-state index contributed by atoms with van der Waals surface area (Å²) < 4.78 is 0. The van der Waals surface area contributed by atoms with E-state index in [0.29, 0.717) is 0 Å². The number of hydrogen-bond acceptors (Lipinski definition) is 5.